The molecule has 2 aliphatic rings. The molecule has 0 bridgehead atoms. The van der Waals surface area contributed by atoms with Gasteiger partial charge in [-0.25, -0.2) is 4.98 Å². The molecule has 1 aromatic heterocycles. The Morgan fingerprint density at radius 2 is 1.96 bits per heavy atom. The van der Waals surface area contributed by atoms with E-state index in [1.807, 2.05) is 47.0 Å². The molecule has 1 atom stereocenters. The summed E-state index contributed by atoms with van der Waals surface area (Å²) in [5, 5.41) is 0. The molecule has 6 heteroatoms. The summed E-state index contributed by atoms with van der Waals surface area (Å²) in [6.45, 7) is 2.06. The number of imidazole rings is 1. The summed E-state index contributed by atoms with van der Waals surface area (Å²) in [4.78, 5) is 19.4. The first-order chi connectivity index (χ1) is 13.7. The lowest BCUT2D eigenvalue weighted by Gasteiger charge is -2.22. The monoisotopic (exact) mass is 373 g/mol. The van der Waals surface area contributed by atoms with E-state index >= 15 is 0 Å². The lowest BCUT2D eigenvalue weighted by Crippen LogP contribution is -2.25. The Bertz CT molecular complexity index is 1110. The number of anilines is 1. The van der Waals surface area contributed by atoms with Crippen LogP contribution >= 0.6 is 0 Å². The van der Waals surface area contributed by atoms with Gasteiger partial charge in [-0.2, -0.15) is 0 Å². The third-order valence-electron chi connectivity index (χ3n) is 5.26. The van der Waals surface area contributed by atoms with Crippen LogP contribution in [0.5, 0.6) is 11.5 Å². The third-order valence-corrected chi connectivity index (χ3v) is 5.26. The maximum absolute atomic E-state index is 12.8. The number of hydrogen-bond acceptors (Lipinski definition) is 4. The SMILES string of the molecule is C#CCn1c(C2CC(=O)N(c3ccc4c(c3)OCCO4)C2)nc2ccccc21. The predicted molar refractivity (Wildman–Crippen MR) is 106 cm³/mol. The van der Waals surface area contributed by atoms with E-state index in [9.17, 15) is 4.79 Å². The molecular weight excluding hydrogens is 354 g/mol. The van der Waals surface area contributed by atoms with E-state index in [2.05, 4.69) is 5.92 Å². The summed E-state index contributed by atoms with van der Waals surface area (Å²) in [7, 11) is 0. The van der Waals surface area contributed by atoms with Crippen LogP contribution in [0.2, 0.25) is 0 Å². The number of rotatable bonds is 3. The Morgan fingerprint density at radius 1 is 1.14 bits per heavy atom. The van der Waals surface area contributed by atoms with Crippen molar-refractivity contribution < 1.29 is 14.3 Å². The van der Waals surface area contributed by atoms with Gasteiger partial charge in [-0.15, -0.1) is 6.42 Å². The van der Waals surface area contributed by atoms with Gasteiger partial charge in [0.2, 0.25) is 5.91 Å². The van der Waals surface area contributed by atoms with E-state index in [0.29, 0.717) is 44.2 Å². The Kier molecular flexibility index (Phi) is 3.94. The van der Waals surface area contributed by atoms with Crippen LogP contribution in [0.3, 0.4) is 0 Å². The number of para-hydroxylation sites is 2. The maximum Gasteiger partial charge on any atom is 0.227 e. The Labute approximate surface area is 162 Å². The highest BCUT2D eigenvalue weighted by atomic mass is 16.6. The quantitative estimate of drug-likeness (QED) is 0.663. The van der Waals surface area contributed by atoms with E-state index in [4.69, 9.17) is 20.9 Å². The number of hydrogen-bond donors (Lipinski definition) is 0. The second kappa shape index (κ2) is 6.61. The van der Waals surface area contributed by atoms with Crippen molar-refractivity contribution in [3.63, 3.8) is 0 Å². The standard InChI is InChI=1S/C22H19N3O3/c1-2-9-24-18-6-4-3-5-17(18)23-22(24)15-12-21(26)25(14-15)16-7-8-19-20(13-16)28-11-10-27-19/h1,3-8,13,15H,9-12,14H2. The summed E-state index contributed by atoms with van der Waals surface area (Å²) in [5.74, 6) is 5.03. The third kappa shape index (κ3) is 2.67. The van der Waals surface area contributed by atoms with E-state index in [1.165, 1.54) is 0 Å². The minimum absolute atomic E-state index is 0.0125. The van der Waals surface area contributed by atoms with Gasteiger partial charge in [0, 0.05) is 30.6 Å². The van der Waals surface area contributed by atoms with E-state index in [-0.39, 0.29) is 11.8 Å². The van der Waals surface area contributed by atoms with Gasteiger partial charge in [0.05, 0.1) is 17.6 Å². The second-order valence-corrected chi connectivity index (χ2v) is 6.98. The van der Waals surface area contributed by atoms with Crippen LogP contribution in [0.15, 0.2) is 42.5 Å². The molecule has 0 spiro atoms. The van der Waals surface area contributed by atoms with Crippen molar-refractivity contribution in [1.29, 1.82) is 0 Å². The van der Waals surface area contributed by atoms with Crippen molar-refractivity contribution in [1.82, 2.24) is 9.55 Å². The average Bonchev–Trinajstić information content (AvgIpc) is 3.29. The molecule has 1 amide bonds. The zero-order valence-electron chi connectivity index (χ0n) is 15.3. The molecule has 2 aliphatic heterocycles. The minimum Gasteiger partial charge on any atom is -0.486 e. The molecule has 140 valence electrons. The van der Waals surface area contributed by atoms with E-state index in [1.54, 1.807) is 4.90 Å². The van der Waals surface area contributed by atoms with Gasteiger partial charge in [-0.1, -0.05) is 18.1 Å². The summed E-state index contributed by atoms with van der Waals surface area (Å²) in [5.41, 5.74) is 2.72. The van der Waals surface area contributed by atoms with Crippen molar-refractivity contribution in [2.45, 2.75) is 18.9 Å². The van der Waals surface area contributed by atoms with Crippen molar-refractivity contribution in [3.05, 3.63) is 48.3 Å². The molecule has 3 aromatic rings. The van der Waals surface area contributed by atoms with Crippen LogP contribution in [0.4, 0.5) is 5.69 Å². The number of fused-ring (bicyclic) bond motifs is 2. The van der Waals surface area contributed by atoms with Gasteiger partial charge in [0.1, 0.15) is 19.0 Å². The molecule has 0 saturated carbocycles. The first kappa shape index (κ1) is 16.7. The number of terminal acetylenes is 1. The van der Waals surface area contributed by atoms with E-state index < -0.39 is 0 Å². The molecule has 28 heavy (non-hydrogen) atoms. The van der Waals surface area contributed by atoms with E-state index in [0.717, 1.165) is 22.5 Å². The minimum atomic E-state index is -0.0125. The molecule has 1 unspecified atom stereocenters. The fraction of sp³-hybridized carbons (Fsp3) is 0.273. The molecule has 2 aromatic carbocycles. The summed E-state index contributed by atoms with van der Waals surface area (Å²) >= 11 is 0. The van der Waals surface area contributed by atoms with Crippen LogP contribution in [-0.4, -0.2) is 35.2 Å². The Balaban J connectivity index is 1.48. The Morgan fingerprint density at radius 3 is 2.82 bits per heavy atom. The largest absolute Gasteiger partial charge is 0.486 e. The van der Waals surface area contributed by atoms with Gasteiger partial charge in [0.15, 0.2) is 11.5 Å². The van der Waals surface area contributed by atoms with Gasteiger partial charge in [0.25, 0.3) is 0 Å². The maximum atomic E-state index is 12.8. The molecular formula is C22H19N3O3. The topological polar surface area (TPSA) is 56.6 Å². The summed E-state index contributed by atoms with van der Waals surface area (Å²) in [6, 6.07) is 13.6. The highest BCUT2D eigenvalue weighted by Crippen LogP contribution is 2.38. The van der Waals surface area contributed by atoms with Crippen LogP contribution in [0.25, 0.3) is 11.0 Å². The summed E-state index contributed by atoms with van der Waals surface area (Å²) in [6.07, 6.45) is 5.99. The molecule has 1 saturated heterocycles. The van der Waals surface area contributed by atoms with Gasteiger partial charge in [-0.05, 0) is 24.3 Å². The number of nitrogens with zero attached hydrogens (tertiary/aromatic N) is 3. The van der Waals surface area contributed by atoms with Crippen LogP contribution in [0.1, 0.15) is 18.2 Å². The van der Waals surface area contributed by atoms with Crippen molar-refractivity contribution in [2.24, 2.45) is 0 Å². The molecule has 5 rings (SSSR count). The first-order valence-corrected chi connectivity index (χ1v) is 9.33. The second-order valence-electron chi connectivity index (χ2n) is 6.98. The number of carbonyl (C=O) groups excluding carboxylic acids is 1. The Hall–Kier alpha value is -3.46. The molecule has 3 heterocycles. The van der Waals surface area contributed by atoms with Crippen molar-refractivity contribution in [2.75, 3.05) is 24.7 Å². The molecule has 0 radical (unpaired) electrons. The molecule has 0 N–H and O–H groups in total. The smallest absolute Gasteiger partial charge is 0.227 e. The number of amides is 1. The van der Waals surface area contributed by atoms with Gasteiger partial charge in [-0.3, -0.25) is 4.79 Å². The number of ether oxygens (including phenoxy) is 2. The zero-order chi connectivity index (χ0) is 19.1. The molecule has 6 nitrogen and oxygen atoms in total. The first-order valence-electron chi connectivity index (χ1n) is 9.33. The van der Waals surface area contributed by atoms with Crippen LogP contribution in [-0.2, 0) is 11.3 Å². The number of aromatic nitrogens is 2. The van der Waals surface area contributed by atoms with Crippen molar-refractivity contribution in [3.8, 4) is 23.8 Å². The van der Waals surface area contributed by atoms with Crippen LogP contribution < -0.4 is 14.4 Å². The van der Waals surface area contributed by atoms with Gasteiger partial charge < -0.3 is 18.9 Å². The average molecular weight is 373 g/mol. The highest BCUT2D eigenvalue weighted by Gasteiger charge is 2.35. The molecule has 1 fully saturated rings. The zero-order valence-corrected chi connectivity index (χ0v) is 15.3. The summed E-state index contributed by atoms with van der Waals surface area (Å²) < 4.78 is 13.3. The number of benzene rings is 2. The number of carbonyl (C=O) groups is 1. The van der Waals surface area contributed by atoms with Crippen molar-refractivity contribution >= 4 is 22.6 Å². The molecule has 0 aliphatic carbocycles. The normalized spacial score (nSPS) is 18.5. The lowest BCUT2D eigenvalue weighted by atomic mass is 10.1. The van der Waals surface area contributed by atoms with Crippen LogP contribution in [0, 0.1) is 12.3 Å². The lowest BCUT2D eigenvalue weighted by molar-refractivity contribution is -0.117. The fourth-order valence-electron chi connectivity index (χ4n) is 3.99. The predicted octanol–water partition coefficient (Wildman–Crippen LogP) is 2.96. The highest BCUT2D eigenvalue weighted by molar-refractivity contribution is 5.96. The van der Waals surface area contributed by atoms with Gasteiger partial charge >= 0.3 is 0 Å². The fourth-order valence-corrected chi connectivity index (χ4v) is 3.99.